The van der Waals surface area contributed by atoms with Gasteiger partial charge in [-0.2, -0.15) is 5.26 Å². The number of nitrogens with one attached hydrogen (secondary N) is 2. The fraction of sp³-hybridized carbons (Fsp3) is 0.833. The zero-order chi connectivity index (χ0) is 12.0. The third-order valence-electron chi connectivity index (χ3n) is 3.32. The minimum absolute atomic E-state index is 0.0904. The molecule has 2 N–H and O–H groups in total. The van der Waals surface area contributed by atoms with Crippen LogP contribution in [0.1, 0.15) is 33.1 Å². The lowest BCUT2D eigenvalue weighted by Gasteiger charge is -2.33. The van der Waals surface area contributed by atoms with Gasteiger partial charge in [-0.15, -0.1) is 0 Å². The average Bonchev–Trinajstić information content (AvgIpc) is 2.25. The number of rotatable bonds is 4. The number of carbonyl (C=O) groups excluding carboxylic acids is 1. The van der Waals surface area contributed by atoms with E-state index in [1.165, 1.54) is 12.8 Å². The predicted octanol–water partition coefficient (Wildman–Crippen LogP) is 1.04. The Kier molecular flexibility index (Phi) is 5.27. The summed E-state index contributed by atoms with van der Waals surface area (Å²) >= 11 is 0. The predicted molar refractivity (Wildman–Crippen MR) is 62.6 cm³/mol. The lowest BCUT2D eigenvalue weighted by molar-refractivity contribution is -0.120. The van der Waals surface area contributed by atoms with Gasteiger partial charge in [0.25, 0.3) is 0 Å². The summed E-state index contributed by atoms with van der Waals surface area (Å²) in [5.41, 5.74) is 0. The van der Waals surface area contributed by atoms with Gasteiger partial charge in [-0.05, 0) is 31.1 Å². The monoisotopic (exact) mass is 223 g/mol. The maximum absolute atomic E-state index is 11.3. The molecular weight excluding hydrogens is 202 g/mol. The second kappa shape index (κ2) is 6.49. The van der Waals surface area contributed by atoms with Gasteiger partial charge in [0, 0.05) is 6.04 Å². The summed E-state index contributed by atoms with van der Waals surface area (Å²) in [6.07, 6.45) is 3.62. The summed E-state index contributed by atoms with van der Waals surface area (Å²) in [5.74, 6) is 1.35. The highest BCUT2D eigenvalue weighted by Crippen LogP contribution is 2.28. The molecule has 0 aromatic rings. The van der Waals surface area contributed by atoms with Crippen LogP contribution in [0.4, 0.5) is 0 Å². The highest BCUT2D eigenvalue weighted by Gasteiger charge is 2.25. The van der Waals surface area contributed by atoms with Crippen molar-refractivity contribution in [2.75, 3.05) is 13.1 Å². The molecule has 0 aliphatic heterocycles. The molecule has 0 aromatic carbocycles. The van der Waals surface area contributed by atoms with Crippen molar-refractivity contribution < 1.29 is 4.79 Å². The van der Waals surface area contributed by atoms with Crippen molar-refractivity contribution in [3.8, 4) is 6.07 Å². The Morgan fingerprint density at radius 3 is 2.81 bits per heavy atom. The molecule has 1 amide bonds. The number of carbonyl (C=O) groups is 1. The maximum Gasteiger partial charge on any atom is 0.234 e. The van der Waals surface area contributed by atoms with Gasteiger partial charge < -0.3 is 10.6 Å². The van der Waals surface area contributed by atoms with Gasteiger partial charge in [0.2, 0.25) is 5.91 Å². The van der Waals surface area contributed by atoms with Crippen molar-refractivity contribution >= 4 is 5.91 Å². The summed E-state index contributed by atoms with van der Waals surface area (Å²) < 4.78 is 0. The third-order valence-corrected chi connectivity index (χ3v) is 3.32. The van der Waals surface area contributed by atoms with Crippen LogP contribution >= 0.6 is 0 Å². The van der Waals surface area contributed by atoms with E-state index in [0.717, 1.165) is 12.3 Å². The fourth-order valence-electron chi connectivity index (χ4n) is 2.39. The first-order valence-corrected chi connectivity index (χ1v) is 6.00. The first-order valence-electron chi connectivity index (χ1n) is 6.00. The Balaban J connectivity index is 2.22. The molecule has 3 unspecified atom stereocenters. The molecule has 0 bridgehead atoms. The molecule has 4 heteroatoms. The van der Waals surface area contributed by atoms with E-state index in [2.05, 4.69) is 24.5 Å². The van der Waals surface area contributed by atoms with Crippen LogP contribution in [-0.2, 0) is 4.79 Å². The molecule has 0 saturated heterocycles. The van der Waals surface area contributed by atoms with E-state index in [4.69, 9.17) is 5.26 Å². The van der Waals surface area contributed by atoms with Gasteiger partial charge in [0.1, 0.15) is 6.54 Å². The van der Waals surface area contributed by atoms with Gasteiger partial charge >= 0.3 is 0 Å². The minimum Gasteiger partial charge on any atom is -0.342 e. The zero-order valence-electron chi connectivity index (χ0n) is 10.1. The Morgan fingerprint density at radius 2 is 2.19 bits per heavy atom. The van der Waals surface area contributed by atoms with Crippen molar-refractivity contribution in [1.29, 1.82) is 5.26 Å². The molecule has 1 aliphatic rings. The van der Waals surface area contributed by atoms with Crippen molar-refractivity contribution in [3.63, 3.8) is 0 Å². The van der Waals surface area contributed by atoms with Gasteiger partial charge in [-0.1, -0.05) is 13.8 Å². The van der Waals surface area contributed by atoms with Crippen LogP contribution in [0.25, 0.3) is 0 Å². The van der Waals surface area contributed by atoms with Crippen LogP contribution in [0.2, 0.25) is 0 Å². The van der Waals surface area contributed by atoms with E-state index in [9.17, 15) is 4.79 Å². The van der Waals surface area contributed by atoms with Crippen molar-refractivity contribution in [2.24, 2.45) is 11.8 Å². The second-order valence-electron chi connectivity index (χ2n) is 4.82. The van der Waals surface area contributed by atoms with E-state index >= 15 is 0 Å². The Hall–Kier alpha value is -1.08. The van der Waals surface area contributed by atoms with Crippen molar-refractivity contribution in [3.05, 3.63) is 0 Å². The molecule has 0 aromatic heterocycles. The standard InChI is InChI=1S/C12H21N3O/c1-9-3-4-11(10(2)7-9)15-8-12(16)14-6-5-13/h9-11,15H,3-4,6-8H2,1-2H3,(H,14,16). The Morgan fingerprint density at radius 1 is 1.44 bits per heavy atom. The van der Waals surface area contributed by atoms with Crippen LogP contribution in [-0.4, -0.2) is 25.0 Å². The quantitative estimate of drug-likeness (QED) is 0.700. The molecule has 16 heavy (non-hydrogen) atoms. The largest absolute Gasteiger partial charge is 0.342 e. The Bertz CT molecular complexity index is 272. The fourth-order valence-corrected chi connectivity index (χ4v) is 2.39. The summed E-state index contributed by atoms with van der Waals surface area (Å²) in [6, 6.07) is 2.34. The van der Waals surface area contributed by atoms with E-state index in [1.54, 1.807) is 0 Å². The third kappa shape index (κ3) is 4.19. The molecule has 4 nitrogen and oxygen atoms in total. The highest BCUT2D eigenvalue weighted by molar-refractivity contribution is 5.78. The molecule has 90 valence electrons. The summed E-state index contributed by atoms with van der Waals surface area (Å²) in [5, 5.41) is 14.1. The molecule has 3 atom stereocenters. The molecule has 1 rings (SSSR count). The maximum atomic E-state index is 11.3. The summed E-state index contributed by atoms with van der Waals surface area (Å²) in [6.45, 7) is 4.94. The molecule has 1 aliphatic carbocycles. The normalized spacial score (nSPS) is 29.4. The average molecular weight is 223 g/mol. The first-order chi connectivity index (χ1) is 7.63. The molecule has 0 heterocycles. The molecule has 1 fully saturated rings. The first kappa shape index (κ1) is 13.0. The van der Waals surface area contributed by atoms with Gasteiger partial charge in [-0.3, -0.25) is 4.79 Å². The number of nitrogens with zero attached hydrogens (tertiary/aromatic N) is 1. The van der Waals surface area contributed by atoms with Gasteiger partial charge in [0.15, 0.2) is 0 Å². The lowest BCUT2D eigenvalue weighted by Crippen LogP contribution is -2.44. The highest BCUT2D eigenvalue weighted by atomic mass is 16.1. The minimum atomic E-state index is -0.0904. The van der Waals surface area contributed by atoms with Crippen molar-refractivity contribution in [1.82, 2.24) is 10.6 Å². The molecule has 1 saturated carbocycles. The smallest absolute Gasteiger partial charge is 0.234 e. The van der Waals surface area contributed by atoms with Crippen LogP contribution in [0.5, 0.6) is 0 Å². The Labute approximate surface area is 97.4 Å². The van der Waals surface area contributed by atoms with E-state index in [1.807, 2.05) is 6.07 Å². The van der Waals surface area contributed by atoms with Gasteiger partial charge in [-0.25, -0.2) is 0 Å². The lowest BCUT2D eigenvalue weighted by atomic mass is 9.80. The summed E-state index contributed by atoms with van der Waals surface area (Å²) in [7, 11) is 0. The van der Waals surface area contributed by atoms with Gasteiger partial charge in [0.05, 0.1) is 12.6 Å². The van der Waals surface area contributed by atoms with E-state index in [0.29, 0.717) is 18.5 Å². The number of amides is 1. The van der Waals surface area contributed by atoms with Crippen LogP contribution in [0.15, 0.2) is 0 Å². The SMILES string of the molecule is CC1CCC(NCC(=O)NCC#N)C(C)C1. The molecular formula is C12H21N3O. The van der Waals surface area contributed by atoms with Crippen molar-refractivity contribution in [2.45, 2.75) is 39.2 Å². The second-order valence-corrected chi connectivity index (χ2v) is 4.82. The topological polar surface area (TPSA) is 64.9 Å². The number of nitriles is 1. The molecule has 0 spiro atoms. The molecule has 0 radical (unpaired) electrons. The number of hydrogen-bond donors (Lipinski definition) is 2. The van der Waals surface area contributed by atoms with Crippen LogP contribution in [0.3, 0.4) is 0 Å². The number of hydrogen-bond acceptors (Lipinski definition) is 3. The zero-order valence-corrected chi connectivity index (χ0v) is 10.1. The van der Waals surface area contributed by atoms with Crippen LogP contribution < -0.4 is 10.6 Å². The summed E-state index contributed by atoms with van der Waals surface area (Å²) in [4.78, 5) is 11.3. The van der Waals surface area contributed by atoms with Crippen LogP contribution in [0, 0.1) is 23.2 Å². The van der Waals surface area contributed by atoms with E-state index in [-0.39, 0.29) is 12.5 Å². The van der Waals surface area contributed by atoms with E-state index < -0.39 is 0 Å².